The number of ether oxygens (including phenoxy) is 1. The minimum absolute atomic E-state index is 0. The number of benzene rings is 1. The monoisotopic (exact) mass is 502 g/mol. The molecule has 1 aliphatic heterocycles. The predicted octanol–water partition coefficient (Wildman–Crippen LogP) is 3.27. The molecule has 158 valence electrons. The molecule has 2 rings (SSSR count). The number of nitrogens with zero attached hydrogens (tertiary/aromatic N) is 2. The fourth-order valence-electron chi connectivity index (χ4n) is 3.17. The highest BCUT2D eigenvalue weighted by Crippen LogP contribution is 2.15. The van der Waals surface area contributed by atoms with E-state index in [1.165, 1.54) is 25.9 Å². The Morgan fingerprint density at radius 1 is 1.21 bits per heavy atom. The van der Waals surface area contributed by atoms with Crippen LogP contribution < -0.4 is 10.6 Å². The molecule has 1 aromatic carbocycles. The Balaban J connectivity index is 0.00000392. The maximum absolute atomic E-state index is 11.7. The van der Waals surface area contributed by atoms with Gasteiger partial charge in [0.25, 0.3) is 0 Å². The zero-order chi connectivity index (χ0) is 19.5. The molecule has 6 nitrogen and oxygen atoms in total. The molecule has 1 heterocycles. The Labute approximate surface area is 186 Å². The molecule has 0 unspecified atom stereocenters. The van der Waals surface area contributed by atoms with Crippen molar-refractivity contribution in [1.82, 2.24) is 15.5 Å². The van der Waals surface area contributed by atoms with E-state index >= 15 is 0 Å². The van der Waals surface area contributed by atoms with Crippen molar-refractivity contribution in [2.45, 2.75) is 39.7 Å². The van der Waals surface area contributed by atoms with Gasteiger partial charge in [0, 0.05) is 20.1 Å². The third-order valence-electron chi connectivity index (χ3n) is 4.97. The second-order valence-electron chi connectivity index (χ2n) is 7.15. The average molecular weight is 502 g/mol. The first-order valence-corrected chi connectivity index (χ1v) is 10.0. The molecule has 0 radical (unpaired) electrons. The lowest BCUT2D eigenvalue weighted by Gasteiger charge is -2.30. The summed E-state index contributed by atoms with van der Waals surface area (Å²) in [7, 11) is 1.78. The average Bonchev–Trinajstić information content (AvgIpc) is 2.69. The van der Waals surface area contributed by atoms with Crippen LogP contribution in [0.3, 0.4) is 0 Å². The number of halogens is 1. The maximum Gasteiger partial charge on any atom is 0.338 e. The summed E-state index contributed by atoms with van der Waals surface area (Å²) in [5, 5.41) is 6.69. The summed E-state index contributed by atoms with van der Waals surface area (Å²) in [4.78, 5) is 18.5. The fraction of sp³-hybridized carbons (Fsp3) is 0.619. The van der Waals surface area contributed by atoms with Gasteiger partial charge in [-0.15, -0.1) is 24.0 Å². The van der Waals surface area contributed by atoms with Gasteiger partial charge in [-0.1, -0.05) is 19.1 Å². The molecule has 0 aromatic heterocycles. The summed E-state index contributed by atoms with van der Waals surface area (Å²) in [6, 6.07) is 7.46. The number of esters is 1. The molecule has 0 atom stereocenters. The van der Waals surface area contributed by atoms with Crippen molar-refractivity contribution < 1.29 is 9.53 Å². The smallest absolute Gasteiger partial charge is 0.338 e. The number of carbonyl (C=O) groups is 1. The molecule has 0 bridgehead atoms. The highest BCUT2D eigenvalue weighted by Gasteiger charge is 2.14. The van der Waals surface area contributed by atoms with Crippen LogP contribution in [0.15, 0.2) is 29.3 Å². The molecule has 1 aromatic rings. The minimum Gasteiger partial charge on any atom is -0.462 e. The minimum atomic E-state index is -0.280. The molecule has 0 aliphatic carbocycles. The first-order chi connectivity index (χ1) is 13.1. The van der Waals surface area contributed by atoms with E-state index in [1.54, 1.807) is 19.2 Å². The van der Waals surface area contributed by atoms with Gasteiger partial charge in [-0.05, 0) is 69.4 Å². The Morgan fingerprint density at radius 2 is 1.89 bits per heavy atom. The van der Waals surface area contributed by atoms with Crippen LogP contribution in [0.25, 0.3) is 0 Å². The van der Waals surface area contributed by atoms with Crippen molar-refractivity contribution in [3.63, 3.8) is 0 Å². The standard InChI is InChI=1S/C21H34N4O2.HI/c1-4-27-20(26)19-8-6-18(7-9-19)16-24-21(22-3)23-12-5-13-25-14-10-17(2)11-15-25;/h6-9,17H,4-5,10-16H2,1-3H3,(H2,22,23,24);1H. The van der Waals surface area contributed by atoms with Crippen LogP contribution in [0.5, 0.6) is 0 Å². The summed E-state index contributed by atoms with van der Waals surface area (Å²) < 4.78 is 5.00. The van der Waals surface area contributed by atoms with Crippen LogP contribution in [0, 0.1) is 5.92 Å². The maximum atomic E-state index is 11.7. The number of guanidine groups is 1. The highest BCUT2D eigenvalue weighted by atomic mass is 127. The van der Waals surface area contributed by atoms with Gasteiger partial charge in [-0.3, -0.25) is 4.99 Å². The molecular formula is C21H35IN4O2. The van der Waals surface area contributed by atoms with Crippen LogP contribution in [-0.2, 0) is 11.3 Å². The van der Waals surface area contributed by atoms with Crippen LogP contribution in [0.1, 0.15) is 49.0 Å². The fourth-order valence-corrected chi connectivity index (χ4v) is 3.17. The van der Waals surface area contributed by atoms with Crippen LogP contribution in [0.2, 0.25) is 0 Å². The van der Waals surface area contributed by atoms with Gasteiger partial charge in [0.05, 0.1) is 12.2 Å². The van der Waals surface area contributed by atoms with Gasteiger partial charge in [0.1, 0.15) is 0 Å². The van der Waals surface area contributed by atoms with Crippen molar-refractivity contribution in [2.24, 2.45) is 10.9 Å². The second kappa shape index (κ2) is 13.8. The quantitative estimate of drug-likeness (QED) is 0.188. The van der Waals surface area contributed by atoms with Crippen LogP contribution in [0.4, 0.5) is 0 Å². The van der Waals surface area contributed by atoms with Gasteiger partial charge in [-0.25, -0.2) is 4.79 Å². The van der Waals surface area contributed by atoms with E-state index in [0.717, 1.165) is 37.0 Å². The summed E-state index contributed by atoms with van der Waals surface area (Å²) in [5.74, 6) is 1.41. The molecule has 1 saturated heterocycles. The lowest BCUT2D eigenvalue weighted by molar-refractivity contribution is 0.0526. The molecule has 28 heavy (non-hydrogen) atoms. The third kappa shape index (κ3) is 8.77. The van der Waals surface area contributed by atoms with Crippen LogP contribution in [-0.4, -0.2) is 56.7 Å². The molecule has 2 N–H and O–H groups in total. The molecule has 7 heteroatoms. The SMILES string of the molecule is CCOC(=O)c1ccc(CNC(=NC)NCCCN2CCC(C)CC2)cc1.I. The van der Waals surface area contributed by atoms with Gasteiger partial charge in [-0.2, -0.15) is 0 Å². The van der Waals surface area contributed by atoms with E-state index in [-0.39, 0.29) is 29.9 Å². The Hall–Kier alpha value is -1.35. The van der Waals surface area contributed by atoms with Crippen LogP contribution >= 0.6 is 24.0 Å². The molecule has 0 spiro atoms. The number of hydrogen-bond donors (Lipinski definition) is 2. The molecule has 1 fully saturated rings. The highest BCUT2D eigenvalue weighted by molar-refractivity contribution is 14.0. The molecular weight excluding hydrogens is 467 g/mol. The van der Waals surface area contributed by atoms with E-state index < -0.39 is 0 Å². The number of piperidine rings is 1. The van der Waals surface area contributed by atoms with Gasteiger partial charge < -0.3 is 20.3 Å². The zero-order valence-electron chi connectivity index (χ0n) is 17.4. The Morgan fingerprint density at radius 3 is 2.50 bits per heavy atom. The number of nitrogens with one attached hydrogen (secondary N) is 2. The molecule has 0 amide bonds. The number of likely N-dealkylation sites (tertiary alicyclic amines) is 1. The van der Waals surface area contributed by atoms with E-state index in [9.17, 15) is 4.79 Å². The first-order valence-electron chi connectivity index (χ1n) is 10.0. The van der Waals surface area contributed by atoms with E-state index in [1.807, 2.05) is 19.1 Å². The van der Waals surface area contributed by atoms with E-state index in [4.69, 9.17) is 4.74 Å². The van der Waals surface area contributed by atoms with Crippen molar-refractivity contribution in [3.8, 4) is 0 Å². The Kier molecular flexibility index (Phi) is 12.1. The van der Waals surface area contributed by atoms with Gasteiger partial charge >= 0.3 is 5.97 Å². The van der Waals surface area contributed by atoms with Gasteiger partial charge in [0.15, 0.2) is 5.96 Å². The largest absolute Gasteiger partial charge is 0.462 e. The lowest BCUT2D eigenvalue weighted by atomic mass is 9.99. The third-order valence-corrected chi connectivity index (χ3v) is 4.97. The summed E-state index contributed by atoms with van der Waals surface area (Å²) in [6.07, 6.45) is 3.76. The van der Waals surface area contributed by atoms with Crippen molar-refractivity contribution in [1.29, 1.82) is 0 Å². The summed E-state index contributed by atoms with van der Waals surface area (Å²) >= 11 is 0. The van der Waals surface area contributed by atoms with Crippen molar-refractivity contribution in [2.75, 3.05) is 39.8 Å². The second-order valence-corrected chi connectivity index (χ2v) is 7.15. The number of rotatable bonds is 8. The normalized spacial score (nSPS) is 15.6. The van der Waals surface area contributed by atoms with Gasteiger partial charge in [0.2, 0.25) is 0 Å². The number of carbonyl (C=O) groups excluding carboxylic acids is 1. The van der Waals surface area contributed by atoms with E-state index in [0.29, 0.717) is 18.7 Å². The summed E-state index contributed by atoms with van der Waals surface area (Å²) in [5.41, 5.74) is 1.67. The Bertz CT molecular complexity index is 599. The van der Waals surface area contributed by atoms with E-state index in [2.05, 4.69) is 27.4 Å². The molecule has 0 saturated carbocycles. The molecule has 1 aliphatic rings. The predicted molar refractivity (Wildman–Crippen MR) is 125 cm³/mol. The van der Waals surface area contributed by atoms with Crippen molar-refractivity contribution in [3.05, 3.63) is 35.4 Å². The van der Waals surface area contributed by atoms with Crippen molar-refractivity contribution >= 4 is 35.9 Å². The topological polar surface area (TPSA) is 66.0 Å². The number of hydrogen-bond acceptors (Lipinski definition) is 4. The zero-order valence-corrected chi connectivity index (χ0v) is 19.7. The lowest BCUT2D eigenvalue weighted by Crippen LogP contribution is -2.39. The number of aliphatic imine (C=N–C) groups is 1. The summed E-state index contributed by atoms with van der Waals surface area (Å²) in [6.45, 7) is 9.72. The first kappa shape index (κ1) is 24.7.